The topological polar surface area (TPSA) is 58.6 Å². The van der Waals surface area contributed by atoms with Gasteiger partial charge in [0.2, 0.25) is 11.8 Å². The lowest BCUT2D eigenvalue weighted by molar-refractivity contribution is -0.140. The quantitative estimate of drug-likeness (QED) is 0.761. The molecule has 2 aromatic carbocycles. The highest BCUT2D eigenvalue weighted by Gasteiger charge is 2.28. The van der Waals surface area contributed by atoms with Gasteiger partial charge < -0.3 is 15.0 Å². The predicted octanol–water partition coefficient (Wildman–Crippen LogP) is 3.41. The predicted molar refractivity (Wildman–Crippen MR) is 111 cm³/mol. The number of nitrogens with one attached hydrogen (secondary N) is 1. The molecule has 0 saturated carbocycles. The molecule has 0 spiro atoms. The highest BCUT2D eigenvalue weighted by Crippen LogP contribution is 2.19. The lowest BCUT2D eigenvalue weighted by atomic mass is 10.0. The van der Waals surface area contributed by atoms with Crippen molar-refractivity contribution in [1.29, 1.82) is 0 Å². The van der Waals surface area contributed by atoms with E-state index < -0.39 is 6.04 Å². The summed E-state index contributed by atoms with van der Waals surface area (Å²) in [4.78, 5) is 27.4. The maximum absolute atomic E-state index is 13.2. The monoisotopic (exact) mass is 382 g/mol. The Kier molecular flexibility index (Phi) is 7.61. The molecule has 1 unspecified atom stereocenters. The van der Waals surface area contributed by atoms with E-state index in [1.54, 1.807) is 19.1 Å². The van der Waals surface area contributed by atoms with E-state index in [9.17, 15) is 9.59 Å². The van der Waals surface area contributed by atoms with Crippen LogP contribution in [0.5, 0.6) is 5.75 Å². The SMILES string of the molecule is CCC(C(=O)NC)N(Cc1ccc(OC)cc1)C(=O)Cc1cc(C)ccc1C. The molecule has 28 heavy (non-hydrogen) atoms. The van der Waals surface area contributed by atoms with Crippen molar-refractivity contribution < 1.29 is 14.3 Å². The molecule has 0 aliphatic carbocycles. The molecular formula is C23H30N2O3. The van der Waals surface area contributed by atoms with Crippen molar-refractivity contribution in [3.05, 3.63) is 64.7 Å². The van der Waals surface area contributed by atoms with Crippen LogP contribution in [0.15, 0.2) is 42.5 Å². The average molecular weight is 383 g/mol. The smallest absolute Gasteiger partial charge is 0.242 e. The minimum Gasteiger partial charge on any atom is -0.497 e. The zero-order valence-electron chi connectivity index (χ0n) is 17.4. The van der Waals surface area contributed by atoms with Gasteiger partial charge in [-0.05, 0) is 49.1 Å². The van der Waals surface area contributed by atoms with Crippen molar-refractivity contribution in [2.24, 2.45) is 0 Å². The molecule has 0 aromatic heterocycles. The molecule has 0 aliphatic rings. The van der Waals surface area contributed by atoms with Gasteiger partial charge in [0.05, 0.1) is 13.5 Å². The van der Waals surface area contributed by atoms with Crippen molar-refractivity contribution >= 4 is 11.8 Å². The summed E-state index contributed by atoms with van der Waals surface area (Å²) in [6.07, 6.45) is 0.825. The number of carbonyl (C=O) groups is 2. The number of nitrogens with zero attached hydrogens (tertiary/aromatic N) is 1. The van der Waals surface area contributed by atoms with Gasteiger partial charge in [0, 0.05) is 13.6 Å². The van der Waals surface area contributed by atoms with Crippen molar-refractivity contribution in [3.8, 4) is 5.75 Å². The van der Waals surface area contributed by atoms with Gasteiger partial charge in [0.25, 0.3) is 0 Å². The highest BCUT2D eigenvalue weighted by atomic mass is 16.5. The Morgan fingerprint density at radius 3 is 2.36 bits per heavy atom. The number of rotatable bonds is 8. The Labute approximate surface area is 167 Å². The molecular weight excluding hydrogens is 352 g/mol. The van der Waals surface area contributed by atoms with Gasteiger partial charge in [-0.25, -0.2) is 0 Å². The third-order valence-electron chi connectivity index (χ3n) is 4.99. The molecule has 2 amide bonds. The van der Waals surface area contributed by atoms with Gasteiger partial charge in [-0.3, -0.25) is 9.59 Å². The second-order valence-corrected chi connectivity index (χ2v) is 7.01. The Bertz CT molecular complexity index is 815. The van der Waals surface area contributed by atoms with Crippen LogP contribution < -0.4 is 10.1 Å². The van der Waals surface area contributed by atoms with E-state index in [-0.39, 0.29) is 18.2 Å². The van der Waals surface area contributed by atoms with E-state index in [0.717, 1.165) is 28.0 Å². The largest absolute Gasteiger partial charge is 0.497 e. The van der Waals surface area contributed by atoms with Crippen molar-refractivity contribution in [3.63, 3.8) is 0 Å². The minimum absolute atomic E-state index is 0.0556. The lowest BCUT2D eigenvalue weighted by Crippen LogP contribution is -2.48. The second kappa shape index (κ2) is 9.93. The maximum atomic E-state index is 13.2. The number of methoxy groups -OCH3 is 1. The molecule has 0 fully saturated rings. The first-order valence-corrected chi connectivity index (χ1v) is 9.59. The van der Waals surface area contributed by atoms with Crippen LogP contribution >= 0.6 is 0 Å². The molecule has 0 aliphatic heterocycles. The van der Waals surface area contributed by atoms with Crippen LogP contribution in [0.3, 0.4) is 0 Å². The van der Waals surface area contributed by atoms with E-state index in [0.29, 0.717) is 13.0 Å². The average Bonchev–Trinajstić information content (AvgIpc) is 2.70. The van der Waals surface area contributed by atoms with Crippen LogP contribution in [0.25, 0.3) is 0 Å². The first kappa shape index (κ1) is 21.5. The Hall–Kier alpha value is -2.82. The van der Waals surface area contributed by atoms with Gasteiger partial charge in [0.1, 0.15) is 11.8 Å². The van der Waals surface area contributed by atoms with Gasteiger partial charge in [-0.2, -0.15) is 0 Å². The number of ether oxygens (including phenoxy) is 1. The highest BCUT2D eigenvalue weighted by molar-refractivity contribution is 5.88. The fourth-order valence-corrected chi connectivity index (χ4v) is 3.27. The van der Waals surface area contributed by atoms with Crippen LogP contribution in [0.2, 0.25) is 0 Å². The third-order valence-corrected chi connectivity index (χ3v) is 4.99. The van der Waals surface area contributed by atoms with Gasteiger partial charge in [-0.15, -0.1) is 0 Å². The Morgan fingerprint density at radius 1 is 1.11 bits per heavy atom. The molecule has 5 heteroatoms. The number of carbonyl (C=O) groups excluding carboxylic acids is 2. The van der Waals surface area contributed by atoms with Gasteiger partial charge in [0.15, 0.2) is 0 Å². The molecule has 2 aromatic rings. The summed E-state index contributed by atoms with van der Waals surface area (Å²) in [5.74, 6) is 0.556. The minimum atomic E-state index is -0.510. The fraction of sp³-hybridized carbons (Fsp3) is 0.391. The summed E-state index contributed by atoms with van der Waals surface area (Å²) in [6, 6.07) is 13.2. The van der Waals surface area contributed by atoms with Crippen LogP contribution in [-0.4, -0.2) is 36.9 Å². The third kappa shape index (κ3) is 5.35. The van der Waals surface area contributed by atoms with Crippen molar-refractivity contribution in [2.45, 2.75) is 46.2 Å². The van der Waals surface area contributed by atoms with Crippen molar-refractivity contribution in [1.82, 2.24) is 10.2 Å². The number of aryl methyl sites for hydroxylation is 2. The van der Waals surface area contributed by atoms with Crippen LogP contribution in [0.1, 0.15) is 35.6 Å². The molecule has 2 rings (SSSR count). The number of benzene rings is 2. The Balaban J connectivity index is 2.31. The van der Waals surface area contributed by atoms with E-state index in [4.69, 9.17) is 4.74 Å². The molecule has 150 valence electrons. The fourth-order valence-electron chi connectivity index (χ4n) is 3.27. The number of amides is 2. The summed E-state index contributed by atoms with van der Waals surface area (Å²) in [5.41, 5.74) is 4.15. The zero-order valence-corrected chi connectivity index (χ0v) is 17.4. The lowest BCUT2D eigenvalue weighted by Gasteiger charge is -2.30. The molecule has 0 heterocycles. The van der Waals surface area contributed by atoms with E-state index in [1.807, 2.05) is 63.2 Å². The molecule has 0 bridgehead atoms. The molecule has 1 N–H and O–H groups in total. The van der Waals surface area contributed by atoms with E-state index >= 15 is 0 Å². The standard InChI is InChI=1S/C23H30N2O3/c1-6-21(23(27)24-4)25(15-18-9-11-20(28-5)12-10-18)22(26)14-19-13-16(2)7-8-17(19)3/h7-13,21H,6,14-15H2,1-5H3,(H,24,27). The first-order chi connectivity index (χ1) is 13.4. The Morgan fingerprint density at radius 2 is 1.79 bits per heavy atom. The van der Waals surface area contributed by atoms with Crippen LogP contribution in [0.4, 0.5) is 0 Å². The summed E-state index contributed by atoms with van der Waals surface area (Å²) in [6.45, 7) is 6.32. The summed E-state index contributed by atoms with van der Waals surface area (Å²) < 4.78 is 5.20. The molecule has 5 nitrogen and oxygen atoms in total. The molecule has 0 radical (unpaired) electrons. The zero-order chi connectivity index (χ0) is 20.7. The molecule has 0 saturated heterocycles. The van der Waals surface area contributed by atoms with Gasteiger partial charge >= 0.3 is 0 Å². The summed E-state index contributed by atoms with van der Waals surface area (Å²) in [5, 5.41) is 2.69. The van der Waals surface area contributed by atoms with Gasteiger partial charge in [-0.1, -0.05) is 42.8 Å². The van der Waals surface area contributed by atoms with Crippen LogP contribution in [-0.2, 0) is 22.6 Å². The van der Waals surface area contributed by atoms with Crippen molar-refractivity contribution in [2.75, 3.05) is 14.2 Å². The normalized spacial score (nSPS) is 11.6. The summed E-state index contributed by atoms with van der Waals surface area (Å²) in [7, 11) is 3.22. The summed E-state index contributed by atoms with van der Waals surface area (Å²) >= 11 is 0. The van der Waals surface area contributed by atoms with E-state index in [1.165, 1.54) is 0 Å². The molecule has 1 atom stereocenters. The first-order valence-electron chi connectivity index (χ1n) is 9.59. The van der Waals surface area contributed by atoms with Crippen LogP contribution in [0, 0.1) is 13.8 Å². The second-order valence-electron chi connectivity index (χ2n) is 7.01. The number of hydrogen-bond acceptors (Lipinski definition) is 3. The van der Waals surface area contributed by atoms with E-state index in [2.05, 4.69) is 5.32 Å². The maximum Gasteiger partial charge on any atom is 0.242 e. The number of hydrogen-bond donors (Lipinski definition) is 1. The number of likely N-dealkylation sites (N-methyl/N-ethyl adjacent to an activating group) is 1.